The van der Waals surface area contributed by atoms with Gasteiger partial charge in [-0.25, -0.2) is 5.06 Å². The van der Waals surface area contributed by atoms with E-state index >= 15 is 0 Å². The van der Waals surface area contributed by atoms with Crippen LogP contribution >= 0.6 is 0 Å². The number of carbonyl (C=O) groups is 1. The molecule has 1 heterocycles. The molecule has 10 heteroatoms. The summed E-state index contributed by atoms with van der Waals surface area (Å²) >= 11 is 0. The van der Waals surface area contributed by atoms with Crippen LogP contribution in [0.3, 0.4) is 0 Å². The first-order valence-corrected chi connectivity index (χ1v) is 14.3. The zero-order valence-corrected chi connectivity index (χ0v) is 25.9. The highest BCUT2D eigenvalue weighted by Gasteiger charge is 2.33. The maximum absolute atomic E-state index is 13.3. The summed E-state index contributed by atoms with van der Waals surface area (Å²) in [6.45, 7) is 2.35. The third kappa shape index (κ3) is 6.64. The largest absolute Gasteiger partial charge is 0.497 e. The minimum absolute atomic E-state index is 0.236. The fourth-order valence-electron chi connectivity index (χ4n) is 5.24. The molecule has 1 saturated heterocycles. The van der Waals surface area contributed by atoms with E-state index in [0.717, 1.165) is 24.0 Å². The monoisotopic (exact) mass is 605 g/mol. The van der Waals surface area contributed by atoms with Gasteiger partial charge in [0.2, 0.25) is 5.75 Å². The van der Waals surface area contributed by atoms with Gasteiger partial charge >= 0.3 is 0 Å². The number of ether oxygens (including phenoxy) is 7. The lowest BCUT2D eigenvalue weighted by Crippen LogP contribution is -2.31. The van der Waals surface area contributed by atoms with Crippen LogP contribution in [0.15, 0.2) is 48.5 Å². The van der Waals surface area contributed by atoms with Crippen LogP contribution in [0.5, 0.6) is 34.5 Å². The van der Waals surface area contributed by atoms with E-state index in [1.807, 2.05) is 31.2 Å². The van der Waals surface area contributed by atoms with Crippen molar-refractivity contribution in [2.45, 2.75) is 44.4 Å². The minimum Gasteiger partial charge on any atom is -0.497 e. The van der Waals surface area contributed by atoms with Gasteiger partial charge in [0.1, 0.15) is 11.8 Å². The van der Waals surface area contributed by atoms with Crippen molar-refractivity contribution in [2.75, 3.05) is 42.2 Å². The lowest BCUT2D eigenvalue weighted by molar-refractivity contribution is -0.0760. The second-order valence-corrected chi connectivity index (χ2v) is 10.1. The van der Waals surface area contributed by atoms with Crippen molar-refractivity contribution in [3.05, 3.63) is 70.8 Å². The van der Waals surface area contributed by atoms with E-state index in [2.05, 4.69) is 5.92 Å². The third-order valence-corrected chi connectivity index (χ3v) is 7.47. The second-order valence-electron chi connectivity index (χ2n) is 10.1. The number of terminal acetylenes is 1. The summed E-state index contributed by atoms with van der Waals surface area (Å²) < 4.78 is 40.1. The topological polar surface area (TPSA) is 105 Å². The highest BCUT2D eigenvalue weighted by Crippen LogP contribution is 2.48. The molecule has 4 rings (SSSR count). The molecule has 1 N–H and O–H groups in total. The Morgan fingerprint density at radius 3 is 1.91 bits per heavy atom. The smallest absolute Gasteiger partial charge is 0.278 e. The standard InChI is InChI=1S/C34H39NO9/c1-8-16-43-32-25(26(9-2)35(37)34(36)21-10-12-24(38-3)13-11-21)17-22(18-29(32)39-4)27-14-15-28(44-27)23-19-30(40-5)33(42-7)31(20-23)41-6/h2,10-13,17-20,26-28,37H,8,14-16H2,1,3-7H3. The van der Waals surface area contributed by atoms with Crippen LogP contribution in [-0.2, 0) is 4.74 Å². The van der Waals surface area contributed by atoms with Crippen LogP contribution in [0, 0.1) is 12.3 Å². The maximum Gasteiger partial charge on any atom is 0.278 e. The van der Waals surface area contributed by atoms with Crippen molar-refractivity contribution in [3.63, 3.8) is 0 Å². The molecular formula is C34H39NO9. The fourth-order valence-corrected chi connectivity index (χ4v) is 5.24. The van der Waals surface area contributed by atoms with Gasteiger partial charge < -0.3 is 33.2 Å². The van der Waals surface area contributed by atoms with E-state index in [1.165, 1.54) is 14.2 Å². The van der Waals surface area contributed by atoms with Gasteiger partial charge in [-0.05, 0) is 78.9 Å². The van der Waals surface area contributed by atoms with Gasteiger partial charge in [-0.15, -0.1) is 6.42 Å². The van der Waals surface area contributed by atoms with Crippen LogP contribution in [-0.4, -0.2) is 58.3 Å². The van der Waals surface area contributed by atoms with Gasteiger partial charge in [0.05, 0.1) is 54.4 Å². The zero-order chi connectivity index (χ0) is 31.8. The van der Waals surface area contributed by atoms with Crippen LogP contribution in [0.25, 0.3) is 0 Å². The molecule has 234 valence electrons. The molecule has 3 aromatic carbocycles. The number of methoxy groups -OCH3 is 5. The van der Waals surface area contributed by atoms with Gasteiger partial charge in [-0.3, -0.25) is 10.0 Å². The highest BCUT2D eigenvalue weighted by molar-refractivity contribution is 5.94. The zero-order valence-electron chi connectivity index (χ0n) is 25.9. The molecule has 1 fully saturated rings. The Morgan fingerprint density at radius 1 is 0.886 bits per heavy atom. The normalized spacial score (nSPS) is 16.4. The van der Waals surface area contributed by atoms with Crippen molar-refractivity contribution in [3.8, 4) is 46.8 Å². The van der Waals surface area contributed by atoms with E-state index in [0.29, 0.717) is 58.2 Å². The van der Waals surface area contributed by atoms with E-state index in [9.17, 15) is 10.0 Å². The molecule has 10 nitrogen and oxygen atoms in total. The number of carbonyl (C=O) groups excluding carboxylic acids is 1. The van der Waals surface area contributed by atoms with Crippen LogP contribution in [0.1, 0.15) is 71.5 Å². The Bertz CT molecular complexity index is 1460. The molecule has 3 unspecified atom stereocenters. The summed E-state index contributed by atoms with van der Waals surface area (Å²) in [6, 6.07) is 12.6. The fraction of sp³-hybridized carbons (Fsp3) is 0.382. The lowest BCUT2D eigenvalue weighted by Gasteiger charge is -2.26. The number of benzene rings is 3. The molecule has 1 amide bonds. The van der Waals surface area contributed by atoms with E-state index < -0.39 is 11.9 Å². The number of hydrogen-bond acceptors (Lipinski definition) is 9. The quantitative estimate of drug-likeness (QED) is 0.136. The summed E-state index contributed by atoms with van der Waals surface area (Å²) in [5, 5.41) is 11.7. The highest BCUT2D eigenvalue weighted by atomic mass is 16.5. The Morgan fingerprint density at radius 2 is 1.43 bits per heavy atom. The molecule has 1 aliphatic heterocycles. The summed E-state index contributed by atoms with van der Waals surface area (Å²) in [5.74, 6) is 4.80. The molecular weight excluding hydrogens is 566 g/mol. The van der Waals surface area contributed by atoms with Crippen molar-refractivity contribution in [1.29, 1.82) is 0 Å². The number of nitrogens with zero attached hydrogens (tertiary/aromatic N) is 1. The van der Waals surface area contributed by atoms with Gasteiger partial charge in [-0.1, -0.05) is 12.8 Å². The summed E-state index contributed by atoms with van der Waals surface area (Å²) in [7, 11) is 7.76. The van der Waals surface area contributed by atoms with Crippen molar-refractivity contribution in [2.24, 2.45) is 0 Å². The molecule has 0 spiro atoms. The number of rotatable bonds is 13. The Balaban J connectivity index is 1.70. The van der Waals surface area contributed by atoms with Gasteiger partial charge in [-0.2, -0.15) is 0 Å². The molecule has 3 atom stereocenters. The molecule has 0 aromatic heterocycles. The van der Waals surface area contributed by atoms with Crippen molar-refractivity contribution < 1.29 is 43.2 Å². The van der Waals surface area contributed by atoms with Gasteiger partial charge in [0.15, 0.2) is 23.0 Å². The molecule has 1 aliphatic rings. The third-order valence-electron chi connectivity index (χ3n) is 7.47. The molecule has 0 saturated carbocycles. The molecule has 3 aromatic rings. The minimum atomic E-state index is -1.18. The SMILES string of the molecule is C#CC(c1cc(C2CCC(c3cc(OC)c(OC)c(OC)c3)O2)cc(OC)c1OCCC)N(O)C(=O)c1ccc(OC)cc1. The lowest BCUT2D eigenvalue weighted by atomic mass is 9.97. The van der Waals surface area contributed by atoms with E-state index in [4.69, 9.17) is 39.6 Å². The maximum atomic E-state index is 13.3. The summed E-state index contributed by atoms with van der Waals surface area (Å²) in [4.78, 5) is 13.3. The first kappa shape index (κ1) is 32.3. The molecule has 0 aliphatic carbocycles. The van der Waals surface area contributed by atoms with E-state index in [1.54, 1.807) is 45.6 Å². The second kappa shape index (κ2) is 14.7. The van der Waals surface area contributed by atoms with Crippen molar-refractivity contribution >= 4 is 5.91 Å². The average molecular weight is 606 g/mol. The van der Waals surface area contributed by atoms with Gasteiger partial charge in [0.25, 0.3) is 5.91 Å². The van der Waals surface area contributed by atoms with E-state index in [-0.39, 0.29) is 17.8 Å². The number of hydrogen-bond donors (Lipinski definition) is 1. The Kier molecular flexibility index (Phi) is 10.8. The van der Waals surface area contributed by atoms with Gasteiger partial charge in [0, 0.05) is 11.1 Å². The Hall–Kier alpha value is -4.59. The summed E-state index contributed by atoms with van der Waals surface area (Å²) in [5.41, 5.74) is 2.28. The van der Waals surface area contributed by atoms with Crippen LogP contribution in [0.2, 0.25) is 0 Å². The molecule has 0 radical (unpaired) electrons. The number of hydroxylamine groups is 2. The predicted molar refractivity (Wildman–Crippen MR) is 163 cm³/mol. The summed E-state index contributed by atoms with van der Waals surface area (Å²) in [6.07, 6.45) is 7.49. The number of amides is 1. The first-order chi connectivity index (χ1) is 21.3. The molecule has 44 heavy (non-hydrogen) atoms. The molecule has 0 bridgehead atoms. The van der Waals surface area contributed by atoms with Crippen molar-refractivity contribution in [1.82, 2.24) is 5.06 Å². The predicted octanol–water partition coefficient (Wildman–Crippen LogP) is 6.32. The average Bonchev–Trinajstić information content (AvgIpc) is 3.57. The Labute approximate surface area is 258 Å². The van der Waals surface area contributed by atoms with Crippen LogP contribution < -0.4 is 28.4 Å². The first-order valence-electron chi connectivity index (χ1n) is 14.3. The van der Waals surface area contributed by atoms with Crippen LogP contribution in [0.4, 0.5) is 0 Å².